The van der Waals surface area contributed by atoms with Crippen LogP contribution < -0.4 is 10.6 Å². The molecule has 1 aliphatic rings. The Morgan fingerprint density at radius 3 is 2.89 bits per heavy atom. The van der Waals surface area contributed by atoms with E-state index >= 15 is 0 Å². The predicted molar refractivity (Wildman–Crippen MR) is 63.2 cm³/mol. The van der Waals surface area contributed by atoms with Crippen molar-refractivity contribution in [1.82, 2.24) is 10.6 Å². The number of carboxylic acid groups (broad SMARTS) is 1. The maximum Gasteiger partial charge on any atom is 0.371 e. The zero-order valence-electron chi connectivity index (χ0n) is 9.94. The van der Waals surface area contributed by atoms with Gasteiger partial charge in [-0.25, -0.2) is 4.79 Å². The Morgan fingerprint density at radius 2 is 2.28 bits per heavy atom. The number of rotatable bonds is 4. The standard InChI is InChI=1S/C12H16N2O4/c15-11(9-3-1-2-6-13-9)14-7-8-4-5-10(18-8)12(16)17/h4-5,9,13H,1-3,6-7H2,(H,14,15)(H,16,17)/t9-/m0/s1. The molecule has 0 aromatic carbocycles. The molecule has 0 saturated carbocycles. The molecule has 1 aliphatic heterocycles. The van der Waals surface area contributed by atoms with Gasteiger partial charge in [-0.1, -0.05) is 6.42 Å². The van der Waals surface area contributed by atoms with E-state index in [0.29, 0.717) is 5.76 Å². The molecule has 0 aliphatic carbocycles. The number of furan rings is 1. The Bertz CT molecular complexity index is 435. The fourth-order valence-electron chi connectivity index (χ4n) is 1.96. The normalized spacial score (nSPS) is 19.4. The Hall–Kier alpha value is -1.82. The predicted octanol–water partition coefficient (Wildman–Crippen LogP) is 0.736. The van der Waals surface area contributed by atoms with Crippen molar-refractivity contribution in [3.63, 3.8) is 0 Å². The lowest BCUT2D eigenvalue weighted by atomic mass is 10.0. The van der Waals surface area contributed by atoms with Gasteiger partial charge in [0.2, 0.25) is 11.7 Å². The summed E-state index contributed by atoms with van der Waals surface area (Å²) in [5.74, 6) is -0.851. The second-order valence-electron chi connectivity index (χ2n) is 4.29. The summed E-state index contributed by atoms with van der Waals surface area (Å²) in [7, 11) is 0. The number of carbonyl (C=O) groups excluding carboxylic acids is 1. The fourth-order valence-corrected chi connectivity index (χ4v) is 1.96. The van der Waals surface area contributed by atoms with E-state index in [1.54, 1.807) is 6.07 Å². The third-order valence-corrected chi connectivity index (χ3v) is 2.94. The number of nitrogens with one attached hydrogen (secondary N) is 2. The molecule has 1 aromatic heterocycles. The summed E-state index contributed by atoms with van der Waals surface area (Å²) in [6.07, 6.45) is 2.99. The monoisotopic (exact) mass is 252 g/mol. The van der Waals surface area contributed by atoms with E-state index in [4.69, 9.17) is 9.52 Å². The number of hydrogen-bond acceptors (Lipinski definition) is 4. The minimum absolute atomic E-state index is 0.0667. The van der Waals surface area contributed by atoms with Gasteiger partial charge in [-0.3, -0.25) is 4.79 Å². The van der Waals surface area contributed by atoms with Crippen molar-refractivity contribution in [1.29, 1.82) is 0 Å². The number of carboxylic acids is 1. The van der Waals surface area contributed by atoms with Gasteiger partial charge >= 0.3 is 5.97 Å². The molecule has 0 bridgehead atoms. The molecule has 1 fully saturated rings. The Morgan fingerprint density at radius 1 is 1.44 bits per heavy atom. The zero-order valence-corrected chi connectivity index (χ0v) is 9.94. The molecule has 2 rings (SSSR count). The van der Waals surface area contributed by atoms with Crippen LogP contribution >= 0.6 is 0 Å². The van der Waals surface area contributed by atoms with Crippen molar-refractivity contribution in [2.24, 2.45) is 0 Å². The number of amides is 1. The molecule has 98 valence electrons. The molecule has 0 spiro atoms. The van der Waals surface area contributed by atoms with E-state index in [1.165, 1.54) is 6.07 Å². The van der Waals surface area contributed by atoms with Crippen molar-refractivity contribution in [3.8, 4) is 0 Å². The summed E-state index contributed by atoms with van der Waals surface area (Å²) in [5, 5.41) is 14.6. The second kappa shape index (κ2) is 5.68. The molecule has 18 heavy (non-hydrogen) atoms. The Labute approximate surface area is 104 Å². The van der Waals surface area contributed by atoms with Crippen LogP contribution in [0.2, 0.25) is 0 Å². The van der Waals surface area contributed by atoms with Crippen LogP contribution in [0.25, 0.3) is 0 Å². The van der Waals surface area contributed by atoms with Crippen molar-refractivity contribution < 1.29 is 19.1 Å². The van der Waals surface area contributed by atoms with E-state index in [2.05, 4.69) is 10.6 Å². The average molecular weight is 252 g/mol. The van der Waals surface area contributed by atoms with Crippen molar-refractivity contribution in [2.75, 3.05) is 6.54 Å². The smallest absolute Gasteiger partial charge is 0.371 e. The van der Waals surface area contributed by atoms with Crippen LogP contribution in [0.3, 0.4) is 0 Å². The molecule has 1 amide bonds. The number of carbonyl (C=O) groups is 2. The molecular formula is C12H16N2O4. The SMILES string of the molecule is O=C(O)c1ccc(CNC(=O)[C@@H]2CCCCN2)o1. The first kappa shape index (κ1) is 12.6. The lowest BCUT2D eigenvalue weighted by Gasteiger charge is -2.22. The number of hydrogen-bond donors (Lipinski definition) is 3. The first-order chi connectivity index (χ1) is 8.66. The highest BCUT2D eigenvalue weighted by Crippen LogP contribution is 2.09. The zero-order chi connectivity index (χ0) is 13.0. The summed E-state index contributed by atoms with van der Waals surface area (Å²) in [4.78, 5) is 22.4. The molecule has 2 heterocycles. The van der Waals surface area contributed by atoms with Crippen molar-refractivity contribution in [2.45, 2.75) is 31.8 Å². The van der Waals surface area contributed by atoms with Gasteiger partial charge in [-0.15, -0.1) is 0 Å². The number of piperidine rings is 1. The van der Waals surface area contributed by atoms with Crippen molar-refractivity contribution in [3.05, 3.63) is 23.7 Å². The molecule has 6 nitrogen and oxygen atoms in total. The molecule has 1 atom stereocenters. The summed E-state index contributed by atoms with van der Waals surface area (Å²) in [6, 6.07) is 2.79. The topological polar surface area (TPSA) is 91.6 Å². The maximum atomic E-state index is 11.8. The molecule has 6 heteroatoms. The van der Waals surface area contributed by atoms with Gasteiger partial charge in [0.15, 0.2) is 0 Å². The van der Waals surface area contributed by atoms with Crippen LogP contribution in [0.5, 0.6) is 0 Å². The van der Waals surface area contributed by atoms with Crippen LogP contribution in [-0.4, -0.2) is 29.6 Å². The highest BCUT2D eigenvalue weighted by molar-refractivity contribution is 5.84. The summed E-state index contributed by atoms with van der Waals surface area (Å²) < 4.78 is 5.05. The molecule has 1 aromatic rings. The van der Waals surface area contributed by atoms with Crippen LogP contribution in [0.15, 0.2) is 16.5 Å². The molecule has 0 radical (unpaired) electrons. The van der Waals surface area contributed by atoms with Gasteiger partial charge in [0, 0.05) is 0 Å². The third kappa shape index (κ3) is 3.10. The first-order valence-electron chi connectivity index (χ1n) is 6.00. The van der Waals surface area contributed by atoms with Crippen LogP contribution in [-0.2, 0) is 11.3 Å². The van der Waals surface area contributed by atoms with E-state index in [1.807, 2.05) is 0 Å². The van der Waals surface area contributed by atoms with E-state index < -0.39 is 5.97 Å². The minimum Gasteiger partial charge on any atom is -0.475 e. The molecule has 1 saturated heterocycles. The highest BCUT2D eigenvalue weighted by Gasteiger charge is 2.20. The lowest BCUT2D eigenvalue weighted by Crippen LogP contribution is -2.46. The van der Waals surface area contributed by atoms with Gasteiger partial charge in [0.1, 0.15) is 5.76 Å². The van der Waals surface area contributed by atoms with Crippen LogP contribution in [0.1, 0.15) is 35.6 Å². The first-order valence-corrected chi connectivity index (χ1v) is 6.00. The van der Waals surface area contributed by atoms with Crippen LogP contribution in [0.4, 0.5) is 0 Å². The lowest BCUT2D eigenvalue weighted by molar-refractivity contribution is -0.123. The largest absolute Gasteiger partial charge is 0.475 e. The number of aromatic carboxylic acids is 1. The Kier molecular flexibility index (Phi) is 3.99. The summed E-state index contributed by atoms with van der Waals surface area (Å²) >= 11 is 0. The molecule has 3 N–H and O–H groups in total. The summed E-state index contributed by atoms with van der Waals surface area (Å²) in [5.41, 5.74) is 0. The average Bonchev–Trinajstić information content (AvgIpc) is 2.86. The highest BCUT2D eigenvalue weighted by atomic mass is 16.4. The fraction of sp³-hybridized carbons (Fsp3) is 0.500. The summed E-state index contributed by atoms with van der Waals surface area (Å²) in [6.45, 7) is 1.08. The molecule has 0 unspecified atom stereocenters. The van der Waals surface area contributed by atoms with Gasteiger partial charge in [0.25, 0.3) is 0 Å². The van der Waals surface area contributed by atoms with E-state index in [9.17, 15) is 9.59 Å². The molecular weight excluding hydrogens is 236 g/mol. The van der Waals surface area contributed by atoms with Gasteiger partial charge in [-0.2, -0.15) is 0 Å². The maximum absolute atomic E-state index is 11.8. The van der Waals surface area contributed by atoms with E-state index in [0.717, 1.165) is 25.8 Å². The minimum atomic E-state index is -1.11. The second-order valence-corrected chi connectivity index (χ2v) is 4.29. The van der Waals surface area contributed by atoms with Crippen LogP contribution in [0, 0.1) is 0 Å². The quantitative estimate of drug-likeness (QED) is 0.735. The van der Waals surface area contributed by atoms with Gasteiger partial charge < -0.3 is 20.2 Å². The van der Waals surface area contributed by atoms with Crippen molar-refractivity contribution >= 4 is 11.9 Å². The third-order valence-electron chi connectivity index (χ3n) is 2.94. The van der Waals surface area contributed by atoms with Gasteiger partial charge in [-0.05, 0) is 31.5 Å². The van der Waals surface area contributed by atoms with E-state index in [-0.39, 0.29) is 24.3 Å². The van der Waals surface area contributed by atoms with Gasteiger partial charge in [0.05, 0.1) is 12.6 Å². The Balaban J connectivity index is 1.82.